The lowest BCUT2D eigenvalue weighted by atomic mass is 10.0. The van der Waals surface area contributed by atoms with E-state index in [0.717, 1.165) is 11.1 Å². The molecule has 1 fully saturated rings. The van der Waals surface area contributed by atoms with Gasteiger partial charge in [0.25, 0.3) is 0 Å². The summed E-state index contributed by atoms with van der Waals surface area (Å²) in [6.07, 6.45) is 1.08. The molecule has 0 saturated carbocycles. The van der Waals surface area contributed by atoms with Gasteiger partial charge in [0.15, 0.2) is 0 Å². The third-order valence-corrected chi connectivity index (χ3v) is 5.28. The topological polar surface area (TPSA) is 64.5 Å². The van der Waals surface area contributed by atoms with Gasteiger partial charge in [-0.2, -0.15) is 0 Å². The van der Waals surface area contributed by atoms with Crippen molar-refractivity contribution in [3.05, 3.63) is 64.8 Å². The highest BCUT2D eigenvalue weighted by Crippen LogP contribution is 2.32. The van der Waals surface area contributed by atoms with Crippen LogP contribution in [-0.4, -0.2) is 45.8 Å². The molecular formula is C24H23Cl2N3O3. The molecule has 1 saturated heterocycles. The number of nitrogens with zero attached hydrogens (tertiary/aromatic N) is 3. The second-order valence-electron chi connectivity index (χ2n) is 8.54. The summed E-state index contributed by atoms with van der Waals surface area (Å²) >= 11 is 12.1. The number of amides is 1. The van der Waals surface area contributed by atoms with Crippen molar-refractivity contribution in [3.63, 3.8) is 0 Å². The van der Waals surface area contributed by atoms with E-state index in [1.54, 1.807) is 11.1 Å². The lowest BCUT2D eigenvalue weighted by molar-refractivity contribution is -0.0232. The number of hydrogen-bond acceptors (Lipinski definition) is 5. The summed E-state index contributed by atoms with van der Waals surface area (Å²) in [6.45, 7) is 6.40. The quantitative estimate of drug-likeness (QED) is 0.458. The summed E-state index contributed by atoms with van der Waals surface area (Å²) < 4.78 is 11.4. The van der Waals surface area contributed by atoms with Crippen molar-refractivity contribution in [2.45, 2.75) is 32.5 Å². The van der Waals surface area contributed by atoms with Gasteiger partial charge in [0.2, 0.25) is 5.88 Å². The van der Waals surface area contributed by atoms with E-state index in [4.69, 9.17) is 37.7 Å². The highest BCUT2D eigenvalue weighted by Gasteiger charge is 2.35. The summed E-state index contributed by atoms with van der Waals surface area (Å²) in [5.74, 6) is 0.390. The third-order valence-electron chi connectivity index (χ3n) is 4.77. The van der Waals surface area contributed by atoms with Gasteiger partial charge in [0, 0.05) is 21.2 Å². The van der Waals surface area contributed by atoms with Gasteiger partial charge in [0.05, 0.1) is 25.0 Å². The molecule has 1 aliphatic rings. The molecule has 0 bridgehead atoms. The minimum absolute atomic E-state index is 0.170. The fourth-order valence-corrected chi connectivity index (χ4v) is 3.47. The molecule has 1 amide bonds. The molecule has 1 aromatic heterocycles. The second-order valence-corrected chi connectivity index (χ2v) is 9.42. The maximum Gasteiger partial charge on any atom is 0.410 e. The summed E-state index contributed by atoms with van der Waals surface area (Å²) in [6, 6.07) is 14.8. The fraction of sp³-hybridized carbons (Fsp3) is 0.292. The number of likely N-dealkylation sites (tertiary alicyclic amines) is 1. The van der Waals surface area contributed by atoms with Crippen LogP contribution in [0.5, 0.6) is 5.88 Å². The summed E-state index contributed by atoms with van der Waals surface area (Å²) in [7, 11) is 0. The number of carbonyl (C=O) groups is 1. The Morgan fingerprint density at radius 2 is 1.47 bits per heavy atom. The molecular weight excluding hydrogens is 449 g/mol. The van der Waals surface area contributed by atoms with Crippen LogP contribution in [0.4, 0.5) is 4.79 Å². The van der Waals surface area contributed by atoms with E-state index >= 15 is 0 Å². The standard InChI is InChI=1S/C24H23Cl2N3O3/c1-24(2,3)32-23(30)29-13-19(14-29)31-20-12-27-21(15-4-8-17(25)9-5-15)22(28-20)16-6-10-18(26)11-7-16/h4-12,19H,13-14H2,1-3H3. The Kier molecular flexibility index (Phi) is 6.26. The Labute approximate surface area is 197 Å². The van der Waals surface area contributed by atoms with E-state index < -0.39 is 5.60 Å². The van der Waals surface area contributed by atoms with Crippen molar-refractivity contribution in [3.8, 4) is 28.4 Å². The molecule has 0 spiro atoms. The van der Waals surface area contributed by atoms with Crippen LogP contribution in [0.3, 0.4) is 0 Å². The molecule has 0 radical (unpaired) electrons. The Morgan fingerprint density at radius 1 is 0.938 bits per heavy atom. The normalized spacial score (nSPS) is 14.1. The van der Waals surface area contributed by atoms with Crippen molar-refractivity contribution in [2.75, 3.05) is 13.1 Å². The van der Waals surface area contributed by atoms with Crippen LogP contribution < -0.4 is 4.74 Å². The zero-order chi connectivity index (χ0) is 22.9. The lowest BCUT2D eigenvalue weighted by Crippen LogP contribution is -2.57. The Hall–Kier alpha value is -2.83. The average Bonchev–Trinajstić information content (AvgIpc) is 2.70. The van der Waals surface area contributed by atoms with Gasteiger partial charge in [-0.1, -0.05) is 47.5 Å². The summed E-state index contributed by atoms with van der Waals surface area (Å²) in [4.78, 5) is 23.1. The molecule has 0 aliphatic carbocycles. The molecule has 3 aromatic rings. The van der Waals surface area contributed by atoms with E-state index in [1.165, 1.54) is 0 Å². The van der Waals surface area contributed by atoms with Crippen LogP contribution in [0, 0.1) is 0 Å². The molecule has 0 unspecified atom stereocenters. The molecule has 1 aliphatic heterocycles. The maximum absolute atomic E-state index is 12.1. The van der Waals surface area contributed by atoms with Crippen LogP contribution in [0.25, 0.3) is 22.5 Å². The van der Waals surface area contributed by atoms with Crippen LogP contribution in [0.1, 0.15) is 20.8 Å². The summed E-state index contributed by atoms with van der Waals surface area (Å²) in [5, 5.41) is 1.29. The molecule has 2 aromatic carbocycles. The number of ether oxygens (including phenoxy) is 2. The average molecular weight is 472 g/mol. The highest BCUT2D eigenvalue weighted by atomic mass is 35.5. The maximum atomic E-state index is 12.1. The predicted molar refractivity (Wildman–Crippen MR) is 125 cm³/mol. The molecule has 8 heteroatoms. The second kappa shape index (κ2) is 8.96. The molecule has 0 N–H and O–H groups in total. The number of benzene rings is 2. The van der Waals surface area contributed by atoms with Gasteiger partial charge in [0.1, 0.15) is 17.4 Å². The smallest absolute Gasteiger partial charge is 0.410 e. The number of aromatic nitrogens is 2. The van der Waals surface area contributed by atoms with Gasteiger partial charge in [-0.15, -0.1) is 0 Å². The Bertz CT molecular complexity index is 1110. The largest absolute Gasteiger partial charge is 0.469 e. The van der Waals surface area contributed by atoms with E-state index in [9.17, 15) is 4.79 Å². The number of hydrogen-bond donors (Lipinski definition) is 0. The van der Waals surface area contributed by atoms with Crippen LogP contribution in [0.2, 0.25) is 10.0 Å². The van der Waals surface area contributed by atoms with Crippen LogP contribution in [0.15, 0.2) is 54.7 Å². The van der Waals surface area contributed by atoms with Gasteiger partial charge >= 0.3 is 6.09 Å². The summed E-state index contributed by atoms with van der Waals surface area (Å²) in [5.41, 5.74) is 2.60. The third kappa shape index (κ3) is 5.31. The first-order valence-corrected chi connectivity index (χ1v) is 11.0. The molecule has 166 valence electrons. The van der Waals surface area contributed by atoms with E-state index in [2.05, 4.69) is 4.98 Å². The van der Waals surface area contributed by atoms with Crippen molar-refractivity contribution < 1.29 is 14.3 Å². The van der Waals surface area contributed by atoms with Crippen LogP contribution >= 0.6 is 23.2 Å². The molecule has 2 heterocycles. The highest BCUT2D eigenvalue weighted by molar-refractivity contribution is 6.31. The van der Waals surface area contributed by atoms with E-state index in [0.29, 0.717) is 40.4 Å². The fourth-order valence-electron chi connectivity index (χ4n) is 3.22. The monoisotopic (exact) mass is 471 g/mol. The molecule has 0 atom stereocenters. The molecule has 6 nitrogen and oxygen atoms in total. The van der Waals surface area contributed by atoms with Crippen LogP contribution in [-0.2, 0) is 4.74 Å². The van der Waals surface area contributed by atoms with Gasteiger partial charge in [-0.05, 0) is 45.0 Å². The zero-order valence-corrected chi connectivity index (χ0v) is 19.5. The van der Waals surface area contributed by atoms with Crippen molar-refractivity contribution >= 4 is 29.3 Å². The zero-order valence-electron chi connectivity index (χ0n) is 18.0. The molecule has 32 heavy (non-hydrogen) atoms. The first kappa shape index (κ1) is 22.4. The van der Waals surface area contributed by atoms with E-state index in [-0.39, 0.29) is 12.2 Å². The van der Waals surface area contributed by atoms with Gasteiger partial charge < -0.3 is 14.4 Å². The lowest BCUT2D eigenvalue weighted by Gasteiger charge is -2.39. The SMILES string of the molecule is CC(C)(C)OC(=O)N1CC(Oc2cnc(-c3ccc(Cl)cc3)c(-c3ccc(Cl)cc3)n2)C1. The number of halogens is 2. The van der Waals surface area contributed by atoms with Crippen molar-refractivity contribution in [1.29, 1.82) is 0 Å². The van der Waals surface area contributed by atoms with Crippen molar-refractivity contribution in [1.82, 2.24) is 14.9 Å². The minimum Gasteiger partial charge on any atom is -0.469 e. The van der Waals surface area contributed by atoms with Gasteiger partial charge in [-0.3, -0.25) is 0 Å². The van der Waals surface area contributed by atoms with Gasteiger partial charge in [-0.25, -0.2) is 14.8 Å². The van der Waals surface area contributed by atoms with E-state index in [1.807, 2.05) is 69.3 Å². The predicted octanol–water partition coefficient (Wildman–Crippen LogP) is 6.12. The first-order chi connectivity index (χ1) is 15.2. The first-order valence-electron chi connectivity index (χ1n) is 10.2. The number of carbonyl (C=O) groups excluding carboxylic acids is 1. The Balaban J connectivity index is 1.54. The van der Waals surface area contributed by atoms with Crippen molar-refractivity contribution in [2.24, 2.45) is 0 Å². The number of rotatable bonds is 4. The Morgan fingerprint density at radius 3 is 2.00 bits per heavy atom. The minimum atomic E-state index is -0.528. The molecule has 4 rings (SSSR count).